The van der Waals surface area contributed by atoms with Gasteiger partial charge in [-0.25, -0.2) is 4.79 Å². The Bertz CT molecular complexity index is 151. The molecule has 0 saturated heterocycles. The largest absolute Gasteiger partial charge is 0.477 e. The Morgan fingerprint density at radius 3 is 2.44 bits per heavy atom. The molecule has 50 valence electrons. The number of carboxylic acids is 1. The summed E-state index contributed by atoms with van der Waals surface area (Å²) in [5.41, 5.74) is 0.0185. The van der Waals surface area contributed by atoms with Crippen LogP contribution in [0.15, 0.2) is 11.8 Å². The van der Waals surface area contributed by atoms with Crippen LogP contribution in [0.5, 0.6) is 0 Å². The van der Waals surface area contributed by atoms with E-state index in [0.29, 0.717) is 0 Å². The monoisotopic (exact) mass is 128 g/mol. The van der Waals surface area contributed by atoms with Gasteiger partial charge >= 0.3 is 5.97 Å². The van der Waals surface area contributed by atoms with Crippen molar-refractivity contribution in [3.8, 4) is 0 Å². The fourth-order valence-electron chi connectivity index (χ4n) is 0.345. The number of nitrogens with one attached hydrogen (secondary N) is 2. The van der Waals surface area contributed by atoms with E-state index in [1.54, 1.807) is 0 Å². The summed E-state index contributed by atoms with van der Waals surface area (Å²) in [7, 11) is 1.49. The van der Waals surface area contributed by atoms with E-state index in [4.69, 9.17) is 10.5 Å². The lowest BCUT2D eigenvalue weighted by Crippen LogP contribution is -2.15. The summed E-state index contributed by atoms with van der Waals surface area (Å²) in [6.07, 6.45) is 2.09. The zero-order chi connectivity index (χ0) is 7.28. The van der Waals surface area contributed by atoms with Crippen LogP contribution in [0.25, 0.3) is 0 Å². The number of hydrogen-bond donors (Lipinski definition) is 3. The van der Waals surface area contributed by atoms with Gasteiger partial charge in [-0.15, -0.1) is 0 Å². The molecule has 0 aliphatic heterocycles. The van der Waals surface area contributed by atoms with Gasteiger partial charge < -0.3 is 15.8 Å². The summed E-state index contributed by atoms with van der Waals surface area (Å²) >= 11 is 0. The van der Waals surface area contributed by atoms with E-state index in [1.807, 2.05) is 0 Å². The van der Waals surface area contributed by atoms with E-state index in [2.05, 4.69) is 5.32 Å². The average molecular weight is 128 g/mol. The number of allylic oxidation sites excluding steroid dienone is 1. The number of carboxylic acid groups (broad SMARTS) is 1. The molecule has 0 unspecified atom stereocenters. The van der Waals surface area contributed by atoms with Crippen molar-refractivity contribution in [3.63, 3.8) is 0 Å². The Hall–Kier alpha value is -1.32. The molecule has 0 amide bonds. The highest BCUT2D eigenvalue weighted by atomic mass is 16.4. The van der Waals surface area contributed by atoms with E-state index in [9.17, 15) is 4.79 Å². The molecule has 0 heterocycles. The maximum Gasteiger partial charge on any atom is 0.351 e. The standard InChI is InChI=1S/C5H8N2O2/c1-7-4(2-3-6)5(8)9/h2-3,6-7H,1H3,(H,8,9)/b4-2-,6-3?. The van der Waals surface area contributed by atoms with Crippen molar-refractivity contribution in [1.29, 1.82) is 5.41 Å². The maximum absolute atomic E-state index is 10.1. The second-order valence-electron chi connectivity index (χ2n) is 1.30. The molecule has 4 nitrogen and oxygen atoms in total. The predicted octanol–water partition coefficient (Wildman–Crippen LogP) is -0.176. The molecule has 0 saturated carbocycles. The van der Waals surface area contributed by atoms with Crippen molar-refractivity contribution in [2.75, 3.05) is 7.05 Å². The minimum Gasteiger partial charge on any atom is -0.477 e. The smallest absolute Gasteiger partial charge is 0.351 e. The number of hydrogen-bond acceptors (Lipinski definition) is 3. The van der Waals surface area contributed by atoms with Gasteiger partial charge in [-0.1, -0.05) is 0 Å². The van der Waals surface area contributed by atoms with E-state index >= 15 is 0 Å². The molecule has 0 aliphatic carbocycles. The number of likely N-dealkylation sites (N-methyl/N-ethyl adjacent to an activating group) is 1. The summed E-state index contributed by atoms with van der Waals surface area (Å²) in [6.45, 7) is 0. The zero-order valence-electron chi connectivity index (χ0n) is 5.01. The molecule has 0 aromatic heterocycles. The molecular weight excluding hydrogens is 120 g/mol. The summed E-state index contributed by atoms with van der Waals surface area (Å²) in [6, 6.07) is 0. The lowest BCUT2D eigenvalue weighted by molar-refractivity contribution is -0.133. The molecule has 0 spiro atoms. The second-order valence-corrected chi connectivity index (χ2v) is 1.30. The highest BCUT2D eigenvalue weighted by Gasteiger charge is 2.00. The predicted molar refractivity (Wildman–Crippen MR) is 33.6 cm³/mol. The van der Waals surface area contributed by atoms with Crippen molar-refractivity contribution in [2.24, 2.45) is 0 Å². The lowest BCUT2D eigenvalue weighted by atomic mass is 10.4. The third-order valence-corrected chi connectivity index (χ3v) is 0.750. The molecule has 9 heavy (non-hydrogen) atoms. The van der Waals surface area contributed by atoms with E-state index in [0.717, 1.165) is 6.21 Å². The molecule has 0 radical (unpaired) electrons. The topological polar surface area (TPSA) is 73.2 Å². The first kappa shape index (κ1) is 7.68. The van der Waals surface area contributed by atoms with Crippen LogP contribution < -0.4 is 5.32 Å². The highest BCUT2D eigenvalue weighted by molar-refractivity contribution is 5.90. The first-order valence-corrected chi connectivity index (χ1v) is 2.34. The van der Waals surface area contributed by atoms with Gasteiger partial charge in [-0.3, -0.25) is 0 Å². The molecule has 0 aromatic carbocycles. The lowest BCUT2D eigenvalue weighted by Gasteiger charge is -1.95. The van der Waals surface area contributed by atoms with Crippen LogP contribution in [-0.2, 0) is 4.79 Å². The van der Waals surface area contributed by atoms with Crippen molar-refractivity contribution in [1.82, 2.24) is 5.32 Å². The first-order valence-electron chi connectivity index (χ1n) is 2.34. The first-order chi connectivity index (χ1) is 4.22. The molecule has 0 atom stereocenters. The Morgan fingerprint density at radius 1 is 1.78 bits per heavy atom. The molecule has 0 rings (SSSR count). The van der Waals surface area contributed by atoms with Crippen molar-refractivity contribution >= 4 is 12.2 Å². The molecule has 0 aromatic rings. The third kappa shape index (κ3) is 2.48. The number of rotatable bonds is 3. The van der Waals surface area contributed by atoms with Gasteiger partial charge in [0.2, 0.25) is 0 Å². The van der Waals surface area contributed by atoms with Gasteiger partial charge in [-0.05, 0) is 6.08 Å². The summed E-state index contributed by atoms with van der Waals surface area (Å²) in [5.74, 6) is -1.05. The molecular formula is C5H8N2O2. The molecule has 0 bridgehead atoms. The van der Waals surface area contributed by atoms with Crippen LogP contribution in [0.4, 0.5) is 0 Å². The molecule has 4 heteroatoms. The van der Waals surface area contributed by atoms with Crippen LogP contribution in [0.1, 0.15) is 0 Å². The Kier molecular flexibility index (Phi) is 3.12. The van der Waals surface area contributed by atoms with Crippen LogP contribution in [0.2, 0.25) is 0 Å². The van der Waals surface area contributed by atoms with Gasteiger partial charge in [0.1, 0.15) is 5.70 Å². The normalized spacial score (nSPS) is 10.6. The summed E-state index contributed by atoms with van der Waals surface area (Å²) in [5, 5.41) is 17.2. The van der Waals surface area contributed by atoms with Gasteiger partial charge in [0, 0.05) is 13.3 Å². The van der Waals surface area contributed by atoms with Gasteiger partial charge in [0.25, 0.3) is 0 Å². The van der Waals surface area contributed by atoms with Crippen LogP contribution in [-0.4, -0.2) is 24.3 Å². The summed E-state index contributed by atoms with van der Waals surface area (Å²) in [4.78, 5) is 10.1. The SMILES string of the molecule is CN/C(=C\C=N)C(=O)O. The fourth-order valence-corrected chi connectivity index (χ4v) is 0.345. The van der Waals surface area contributed by atoms with E-state index in [1.165, 1.54) is 13.1 Å². The van der Waals surface area contributed by atoms with Crippen LogP contribution in [0, 0.1) is 5.41 Å². The minimum atomic E-state index is -1.05. The fraction of sp³-hybridized carbons (Fsp3) is 0.200. The second kappa shape index (κ2) is 3.65. The summed E-state index contributed by atoms with van der Waals surface area (Å²) < 4.78 is 0. The minimum absolute atomic E-state index is 0.0185. The third-order valence-electron chi connectivity index (χ3n) is 0.750. The highest BCUT2D eigenvalue weighted by Crippen LogP contribution is 1.83. The van der Waals surface area contributed by atoms with Crippen LogP contribution >= 0.6 is 0 Å². The van der Waals surface area contributed by atoms with Crippen molar-refractivity contribution < 1.29 is 9.90 Å². The number of aliphatic carboxylic acids is 1. The van der Waals surface area contributed by atoms with Crippen LogP contribution in [0.3, 0.4) is 0 Å². The molecule has 3 N–H and O–H groups in total. The Morgan fingerprint density at radius 2 is 2.33 bits per heavy atom. The van der Waals surface area contributed by atoms with Crippen molar-refractivity contribution in [3.05, 3.63) is 11.8 Å². The Labute approximate surface area is 52.7 Å². The quantitative estimate of drug-likeness (QED) is 0.364. The van der Waals surface area contributed by atoms with Crippen molar-refractivity contribution in [2.45, 2.75) is 0 Å². The number of carbonyl (C=O) groups is 1. The molecule has 0 fully saturated rings. The Balaban J connectivity index is 4.14. The molecule has 0 aliphatic rings. The maximum atomic E-state index is 10.1. The van der Waals surface area contributed by atoms with E-state index < -0.39 is 5.97 Å². The van der Waals surface area contributed by atoms with Gasteiger partial charge in [0.05, 0.1) is 0 Å². The van der Waals surface area contributed by atoms with Gasteiger partial charge in [-0.2, -0.15) is 0 Å². The van der Waals surface area contributed by atoms with Gasteiger partial charge in [0.15, 0.2) is 0 Å². The zero-order valence-corrected chi connectivity index (χ0v) is 5.01. The van der Waals surface area contributed by atoms with E-state index in [-0.39, 0.29) is 5.70 Å². The average Bonchev–Trinajstić information content (AvgIpc) is 1.82.